The van der Waals surface area contributed by atoms with Crippen LogP contribution in [-0.4, -0.2) is 153 Å². The molecule has 0 aromatic rings. The fourth-order valence-corrected chi connectivity index (χ4v) is 4.57. The predicted molar refractivity (Wildman–Crippen MR) is 195 cm³/mol. The lowest BCUT2D eigenvalue weighted by molar-refractivity contribution is -0.143. The maximum atomic E-state index is 12.1. The zero-order valence-electron chi connectivity index (χ0n) is 32.1. The molecule has 21 nitrogen and oxygen atoms in total. The summed E-state index contributed by atoms with van der Waals surface area (Å²) in [6, 6.07) is -2.49. The lowest BCUT2D eigenvalue weighted by Gasteiger charge is -2.14. The average Bonchev–Trinajstić information content (AvgIpc) is 3.13. The zero-order chi connectivity index (χ0) is 42.0. The molecule has 0 spiro atoms. The Labute approximate surface area is 325 Å². The number of hydrogen-bond acceptors (Lipinski definition) is 13. The van der Waals surface area contributed by atoms with E-state index in [1.54, 1.807) is 0 Å². The summed E-state index contributed by atoms with van der Waals surface area (Å²) in [5.41, 5.74) is 0. The molecule has 0 fully saturated rings. The lowest BCUT2D eigenvalue weighted by Crippen LogP contribution is -2.43. The summed E-state index contributed by atoms with van der Waals surface area (Å²) in [6.07, 6.45) is 2.83. The first kappa shape index (κ1) is 51.3. The van der Waals surface area contributed by atoms with Crippen molar-refractivity contribution in [2.75, 3.05) is 72.5 Å². The van der Waals surface area contributed by atoms with Gasteiger partial charge in [-0.1, -0.05) is 12.8 Å². The summed E-state index contributed by atoms with van der Waals surface area (Å²) in [4.78, 5) is 104. The molecule has 0 radical (unpaired) electrons. The van der Waals surface area contributed by atoms with Gasteiger partial charge in [0.25, 0.3) is 0 Å². The number of carboxylic acids is 3. The number of Topliss-reactive ketones (excluding diaryl/α,β-unsaturated/α-hetero) is 1. The fourth-order valence-electron chi connectivity index (χ4n) is 4.57. The molecule has 0 aliphatic heterocycles. The van der Waals surface area contributed by atoms with Crippen molar-refractivity contribution in [2.24, 2.45) is 0 Å². The number of amides is 5. The summed E-state index contributed by atoms with van der Waals surface area (Å²) in [6.45, 7) is 2.12. The fraction of sp³-hybridized carbons (Fsp3) is 0.743. The molecule has 1 unspecified atom stereocenters. The van der Waals surface area contributed by atoms with Crippen molar-refractivity contribution >= 4 is 53.2 Å². The van der Waals surface area contributed by atoms with E-state index < -0.39 is 60.2 Å². The van der Waals surface area contributed by atoms with E-state index in [1.807, 2.05) is 0 Å². The van der Waals surface area contributed by atoms with Crippen LogP contribution in [0.25, 0.3) is 0 Å². The maximum Gasteiger partial charge on any atom is 0.326 e. The Bertz CT molecular complexity index is 1230. The summed E-state index contributed by atoms with van der Waals surface area (Å²) in [5, 5.41) is 39.7. The minimum Gasteiger partial charge on any atom is -0.481 e. The van der Waals surface area contributed by atoms with Gasteiger partial charge in [-0.25, -0.2) is 9.59 Å². The molecular formula is C35H59N5O16. The highest BCUT2D eigenvalue weighted by atomic mass is 16.5. The van der Waals surface area contributed by atoms with E-state index in [1.165, 1.54) is 6.92 Å². The van der Waals surface area contributed by atoms with Gasteiger partial charge in [-0.3, -0.25) is 28.8 Å². The van der Waals surface area contributed by atoms with E-state index in [9.17, 15) is 53.4 Å². The molecular weight excluding hydrogens is 746 g/mol. The molecule has 0 heterocycles. The molecule has 0 saturated heterocycles. The maximum absolute atomic E-state index is 12.1. The predicted octanol–water partition coefficient (Wildman–Crippen LogP) is -1.10. The lowest BCUT2D eigenvalue weighted by atomic mass is 10.1. The van der Waals surface area contributed by atoms with Gasteiger partial charge in [0.15, 0.2) is 0 Å². The highest BCUT2D eigenvalue weighted by molar-refractivity contribution is 5.85. The largest absolute Gasteiger partial charge is 0.481 e. The smallest absolute Gasteiger partial charge is 0.326 e. The van der Waals surface area contributed by atoms with Crippen LogP contribution >= 0.6 is 0 Å². The Balaban J connectivity index is 3.82. The van der Waals surface area contributed by atoms with Gasteiger partial charge in [0.1, 0.15) is 31.1 Å². The molecule has 320 valence electrons. The van der Waals surface area contributed by atoms with Gasteiger partial charge in [-0.15, -0.1) is 0 Å². The Hall–Kier alpha value is -4.73. The summed E-state index contributed by atoms with van der Waals surface area (Å²) >= 11 is 0. The molecule has 8 N–H and O–H groups in total. The number of aliphatic carboxylic acids is 3. The van der Waals surface area contributed by atoms with Gasteiger partial charge in [-0.2, -0.15) is 0 Å². The summed E-state index contributed by atoms with van der Waals surface area (Å²) in [7, 11) is 0. The topological polar surface area (TPSA) is 311 Å². The van der Waals surface area contributed by atoms with Gasteiger partial charge < -0.3 is 65.6 Å². The molecule has 0 bridgehead atoms. The van der Waals surface area contributed by atoms with Crippen molar-refractivity contribution in [3.63, 3.8) is 0 Å². The molecule has 0 saturated carbocycles. The molecule has 5 amide bonds. The first-order valence-electron chi connectivity index (χ1n) is 18.6. The van der Waals surface area contributed by atoms with E-state index in [0.29, 0.717) is 45.1 Å². The monoisotopic (exact) mass is 805 g/mol. The first-order chi connectivity index (χ1) is 26.7. The van der Waals surface area contributed by atoms with Gasteiger partial charge in [0, 0.05) is 51.7 Å². The highest BCUT2D eigenvalue weighted by Gasteiger charge is 2.22. The number of ketones is 1. The van der Waals surface area contributed by atoms with Gasteiger partial charge in [-0.05, 0) is 39.0 Å². The number of carbonyl (C=O) groups excluding carboxylic acids is 6. The second-order valence-electron chi connectivity index (χ2n) is 12.5. The van der Waals surface area contributed by atoms with Crippen LogP contribution in [0.4, 0.5) is 0 Å². The Morgan fingerprint density at radius 3 is 1.39 bits per heavy atom. The van der Waals surface area contributed by atoms with Crippen molar-refractivity contribution < 1.29 is 77.4 Å². The van der Waals surface area contributed by atoms with Crippen LogP contribution in [-0.2, 0) is 62.1 Å². The van der Waals surface area contributed by atoms with E-state index in [4.69, 9.17) is 24.1 Å². The van der Waals surface area contributed by atoms with E-state index >= 15 is 0 Å². The Kier molecular flexibility index (Phi) is 30.8. The number of carbonyl (C=O) groups is 9. The van der Waals surface area contributed by atoms with E-state index in [0.717, 1.165) is 0 Å². The average molecular weight is 806 g/mol. The number of carboxylic acid groups (broad SMARTS) is 3. The van der Waals surface area contributed by atoms with E-state index in [2.05, 4.69) is 26.6 Å². The summed E-state index contributed by atoms with van der Waals surface area (Å²) in [5.74, 6) is -5.75. The second-order valence-corrected chi connectivity index (χ2v) is 12.5. The third-order valence-electron chi connectivity index (χ3n) is 7.51. The molecule has 0 aliphatic carbocycles. The third-order valence-corrected chi connectivity index (χ3v) is 7.51. The normalized spacial score (nSPS) is 11.8. The van der Waals surface area contributed by atoms with Crippen molar-refractivity contribution in [3.05, 3.63) is 0 Å². The van der Waals surface area contributed by atoms with Crippen LogP contribution in [0.1, 0.15) is 84.0 Å². The molecule has 2 atom stereocenters. The SMILES string of the molecule is CC(=O)CCCNC(=O)CCC(NC(=O)COCCOCCNC(=O)COCCOCCNC(=O)CC[C@H](NC(=O)CCCCCCC(=O)O)C(=O)O)C(=O)O. The molecule has 21 heteroatoms. The van der Waals surface area contributed by atoms with Gasteiger partial charge >= 0.3 is 17.9 Å². The van der Waals surface area contributed by atoms with Gasteiger partial charge in [0.2, 0.25) is 29.5 Å². The van der Waals surface area contributed by atoms with Crippen LogP contribution in [0.2, 0.25) is 0 Å². The van der Waals surface area contributed by atoms with Gasteiger partial charge in [0.05, 0.1) is 39.6 Å². The standard InChI is InChI=1S/C35H59N5O16/c1-25(41)7-6-14-36-28(42)12-11-27(35(51)52)40-32(46)24-56-22-20-54-18-16-38-31(45)23-55-21-19-53-17-15-37-29(43)13-10-26(34(49)50)39-30(44)8-4-2-3-5-9-33(47)48/h26-27H,2-24H2,1H3,(H,36,42)(H,37,43)(H,38,45)(H,39,44)(H,40,46)(H,47,48)(H,49,50)(H,51,52)/t26-,27?/m0/s1. The molecule has 0 aromatic carbocycles. The first-order valence-corrected chi connectivity index (χ1v) is 18.6. The van der Waals surface area contributed by atoms with Crippen molar-refractivity contribution in [2.45, 2.75) is 96.1 Å². The number of rotatable bonds is 37. The van der Waals surface area contributed by atoms with Crippen LogP contribution < -0.4 is 26.6 Å². The Morgan fingerprint density at radius 2 is 0.893 bits per heavy atom. The molecule has 56 heavy (non-hydrogen) atoms. The number of nitrogens with one attached hydrogen (secondary N) is 5. The molecule has 0 aliphatic rings. The number of hydrogen-bond donors (Lipinski definition) is 8. The van der Waals surface area contributed by atoms with Crippen LogP contribution in [0, 0.1) is 0 Å². The van der Waals surface area contributed by atoms with Crippen molar-refractivity contribution in [1.82, 2.24) is 26.6 Å². The van der Waals surface area contributed by atoms with Crippen LogP contribution in [0.15, 0.2) is 0 Å². The molecule has 0 aromatic heterocycles. The highest BCUT2D eigenvalue weighted by Crippen LogP contribution is 2.07. The van der Waals surface area contributed by atoms with Crippen LogP contribution in [0.3, 0.4) is 0 Å². The molecule has 0 rings (SSSR count). The number of ether oxygens (including phenoxy) is 4. The van der Waals surface area contributed by atoms with E-state index in [-0.39, 0.29) is 110 Å². The second kappa shape index (κ2) is 33.6. The van der Waals surface area contributed by atoms with Crippen molar-refractivity contribution in [3.8, 4) is 0 Å². The summed E-state index contributed by atoms with van der Waals surface area (Å²) < 4.78 is 21.0. The number of unbranched alkanes of at least 4 members (excludes halogenated alkanes) is 3. The Morgan fingerprint density at radius 1 is 0.446 bits per heavy atom. The van der Waals surface area contributed by atoms with Crippen LogP contribution in [0.5, 0.6) is 0 Å². The zero-order valence-corrected chi connectivity index (χ0v) is 32.1. The minimum absolute atomic E-state index is 0.00490. The third kappa shape index (κ3) is 32.7. The van der Waals surface area contributed by atoms with Crippen molar-refractivity contribution in [1.29, 1.82) is 0 Å². The minimum atomic E-state index is -1.29. The quantitative estimate of drug-likeness (QED) is 0.0345.